The molecule has 0 atom stereocenters. The highest BCUT2D eigenvalue weighted by molar-refractivity contribution is 8.00. The minimum Gasteiger partial charge on any atom is -0.497 e. The van der Waals surface area contributed by atoms with Crippen LogP contribution < -0.4 is 4.74 Å². The van der Waals surface area contributed by atoms with Gasteiger partial charge in [-0.1, -0.05) is 37.6 Å². The maximum atomic E-state index is 12.2. The van der Waals surface area contributed by atoms with Crippen LogP contribution in [0.1, 0.15) is 29.3 Å². The Morgan fingerprint density at radius 2 is 1.71 bits per heavy atom. The molecule has 0 fully saturated rings. The molecule has 0 aliphatic rings. The third kappa shape index (κ3) is 4.64. The van der Waals surface area contributed by atoms with Crippen LogP contribution in [0.2, 0.25) is 0 Å². The molecule has 0 unspecified atom stereocenters. The summed E-state index contributed by atoms with van der Waals surface area (Å²) < 4.78 is 5.12. The van der Waals surface area contributed by atoms with Crippen LogP contribution >= 0.6 is 11.8 Å². The smallest absolute Gasteiger partial charge is 0.173 e. The number of rotatable bonds is 7. The van der Waals surface area contributed by atoms with E-state index in [1.165, 1.54) is 5.56 Å². The lowest BCUT2D eigenvalue weighted by Crippen LogP contribution is -2.02. The van der Waals surface area contributed by atoms with Gasteiger partial charge in [-0.3, -0.25) is 4.79 Å². The van der Waals surface area contributed by atoms with E-state index in [0.717, 1.165) is 29.1 Å². The standard InChI is InChI=1S/C18H20O2S/c1-3-4-14-5-7-15(8-6-14)18(19)13-21-17-11-9-16(20-2)10-12-17/h5-12H,3-4,13H2,1-2H3. The van der Waals surface area contributed by atoms with Gasteiger partial charge in [0.15, 0.2) is 5.78 Å². The van der Waals surface area contributed by atoms with Gasteiger partial charge in [-0.05, 0) is 36.2 Å². The zero-order valence-electron chi connectivity index (χ0n) is 12.5. The highest BCUT2D eigenvalue weighted by atomic mass is 32.2. The number of hydrogen-bond acceptors (Lipinski definition) is 3. The van der Waals surface area contributed by atoms with Crippen LogP contribution in [0.5, 0.6) is 5.75 Å². The fourth-order valence-corrected chi connectivity index (χ4v) is 2.84. The highest BCUT2D eigenvalue weighted by Gasteiger charge is 2.07. The summed E-state index contributed by atoms with van der Waals surface area (Å²) in [6.07, 6.45) is 2.19. The van der Waals surface area contributed by atoms with Gasteiger partial charge in [0.05, 0.1) is 12.9 Å². The van der Waals surface area contributed by atoms with Crippen molar-refractivity contribution in [1.82, 2.24) is 0 Å². The predicted molar refractivity (Wildman–Crippen MR) is 88.5 cm³/mol. The normalized spacial score (nSPS) is 10.4. The third-order valence-electron chi connectivity index (χ3n) is 3.24. The summed E-state index contributed by atoms with van der Waals surface area (Å²) >= 11 is 1.55. The molecule has 2 rings (SSSR count). The minimum atomic E-state index is 0.166. The second-order valence-corrected chi connectivity index (χ2v) is 5.88. The summed E-state index contributed by atoms with van der Waals surface area (Å²) in [4.78, 5) is 13.2. The van der Waals surface area contributed by atoms with Gasteiger partial charge in [0.2, 0.25) is 0 Å². The quantitative estimate of drug-likeness (QED) is 0.551. The fraction of sp³-hybridized carbons (Fsp3) is 0.278. The first-order chi connectivity index (χ1) is 10.2. The number of Topliss-reactive ketones (excluding diaryl/α,β-unsaturated/α-hetero) is 1. The van der Waals surface area contributed by atoms with Crippen LogP contribution in [0.25, 0.3) is 0 Å². The Kier molecular flexibility index (Phi) is 5.88. The second-order valence-electron chi connectivity index (χ2n) is 4.83. The average molecular weight is 300 g/mol. The molecule has 0 spiro atoms. The van der Waals surface area contributed by atoms with E-state index in [-0.39, 0.29) is 5.78 Å². The van der Waals surface area contributed by atoms with Crippen LogP contribution in [0.4, 0.5) is 0 Å². The van der Waals surface area contributed by atoms with E-state index < -0.39 is 0 Å². The molecule has 0 N–H and O–H groups in total. The lowest BCUT2D eigenvalue weighted by molar-refractivity contribution is 0.102. The molecule has 0 aliphatic carbocycles. The Balaban J connectivity index is 1.91. The van der Waals surface area contributed by atoms with Crippen molar-refractivity contribution < 1.29 is 9.53 Å². The average Bonchev–Trinajstić information content (AvgIpc) is 2.54. The van der Waals surface area contributed by atoms with Crippen LogP contribution in [-0.2, 0) is 6.42 Å². The first kappa shape index (κ1) is 15.6. The Labute approximate surface area is 130 Å². The number of carbonyl (C=O) groups is 1. The van der Waals surface area contributed by atoms with E-state index in [1.807, 2.05) is 36.4 Å². The van der Waals surface area contributed by atoms with Crippen molar-refractivity contribution in [3.8, 4) is 5.75 Å². The molecular formula is C18H20O2S. The van der Waals surface area contributed by atoms with Gasteiger partial charge in [-0.2, -0.15) is 0 Å². The topological polar surface area (TPSA) is 26.3 Å². The number of thioether (sulfide) groups is 1. The summed E-state index contributed by atoms with van der Waals surface area (Å²) in [6.45, 7) is 2.16. The number of hydrogen-bond donors (Lipinski definition) is 0. The van der Waals surface area contributed by atoms with Gasteiger partial charge in [0, 0.05) is 10.5 Å². The molecule has 0 saturated heterocycles. The van der Waals surface area contributed by atoms with Crippen LogP contribution in [-0.4, -0.2) is 18.6 Å². The largest absolute Gasteiger partial charge is 0.497 e. The van der Waals surface area contributed by atoms with Crippen molar-refractivity contribution in [2.24, 2.45) is 0 Å². The summed E-state index contributed by atoms with van der Waals surface area (Å²) in [7, 11) is 1.65. The van der Waals surface area contributed by atoms with Gasteiger partial charge in [-0.15, -0.1) is 11.8 Å². The Bertz CT molecular complexity index is 573. The summed E-state index contributed by atoms with van der Waals surface area (Å²) in [6, 6.07) is 15.7. The first-order valence-electron chi connectivity index (χ1n) is 7.12. The number of ether oxygens (including phenoxy) is 1. The van der Waals surface area contributed by atoms with Crippen molar-refractivity contribution in [2.45, 2.75) is 24.7 Å². The molecule has 2 nitrogen and oxygen atoms in total. The number of methoxy groups -OCH3 is 1. The first-order valence-corrected chi connectivity index (χ1v) is 8.10. The van der Waals surface area contributed by atoms with Crippen molar-refractivity contribution in [3.63, 3.8) is 0 Å². The summed E-state index contributed by atoms with van der Waals surface area (Å²) in [5.41, 5.74) is 2.08. The lowest BCUT2D eigenvalue weighted by Gasteiger charge is -2.04. The maximum Gasteiger partial charge on any atom is 0.173 e. The van der Waals surface area contributed by atoms with Gasteiger partial charge in [-0.25, -0.2) is 0 Å². The fourth-order valence-electron chi connectivity index (χ4n) is 2.05. The van der Waals surface area contributed by atoms with Gasteiger partial charge in [0.1, 0.15) is 5.75 Å². The molecule has 2 aromatic carbocycles. The molecular weight excluding hydrogens is 280 g/mol. The molecule has 0 heterocycles. The zero-order chi connectivity index (χ0) is 15.1. The molecule has 0 bridgehead atoms. The molecule has 0 aliphatic heterocycles. The van der Waals surface area contributed by atoms with Gasteiger partial charge in [0.25, 0.3) is 0 Å². The molecule has 21 heavy (non-hydrogen) atoms. The highest BCUT2D eigenvalue weighted by Crippen LogP contribution is 2.22. The Hall–Kier alpha value is -1.74. The number of ketones is 1. The molecule has 0 aromatic heterocycles. The molecule has 0 saturated carbocycles. The van der Waals surface area contributed by atoms with Crippen LogP contribution in [0, 0.1) is 0 Å². The summed E-state index contributed by atoms with van der Waals surface area (Å²) in [5, 5.41) is 0. The molecule has 0 amide bonds. The Morgan fingerprint density at radius 1 is 1.05 bits per heavy atom. The van der Waals surface area contributed by atoms with E-state index in [4.69, 9.17) is 4.74 Å². The van der Waals surface area contributed by atoms with Crippen molar-refractivity contribution in [1.29, 1.82) is 0 Å². The zero-order valence-corrected chi connectivity index (χ0v) is 13.3. The third-order valence-corrected chi connectivity index (χ3v) is 4.26. The van der Waals surface area contributed by atoms with Gasteiger partial charge < -0.3 is 4.74 Å². The van der Waals surface area contributed by atoms with E-state index in [2.05, 4.69) is 19.1 Å². The van der Waals surface area contributed by atoms with Gasteiger partial charge >= 0.3 is 0 Å². The van der Waals surface area contributed by atoms with Crippen molar-refractivity contribution in [2.75, 3.05) is 12.9 Å². The molecule has 110 valence electrons. The SMILES string of the molecule is CCCc1ccc(C(=O)CSc2ccc(OC)cc2)cc1. The maximum absolute atomic E-state index is 12.2. The van der Waals surface area contributed by atoms with Crippen molar-refractivity contribution in [3.05, 3.63) is 59.7 Å². The Morgan fingerprint density at radius 3 is 2.29 bits per heavy atom. The number of benzene rings is 2. The van der Waals surface area contributed by atoms with E-state index in [1.54, 1.807) is 18.9 Å². The van der Waals surface area contributed by atoms with Crippen molar-refractivity contribution >= 4 is 17.5 Å². The van der Waals surface area contributed by atoms with E-state index in [9.17, 15) is 4.79 Å². The van der Waals surface area contributed by atoms with E-state index >= 15 is 0 Å². The van der Waals surface area contributed by atoms with E-state index in [0.29, 0.717) is 5.75 Å². The molecule has 2 aromatic rings. The van der Waals surface area contributed by atoms with Crippen LogP contribution in [0.15, 0.2) is 53.4 Å². The number of aryl methyl sites for hydroxylation is 1. The second kappa shape index (κ2) is 7.89. The monoisotopic (exact) mass is 300 g/mol. The lowest BCUT2D eigenvalue weighted by atomic mass is 10.1. The molecule has 0 radical (unpaired) electrons. The van der Waals surface area contributed by atoms with Crippen LogP contribution in [0.3, 0.4) is 0 Å². The minimum absolute atomic E-state index is 0.166. The number of carbonyl (C=O) groups excluding carboxylic acids is 1. The molecule has 3 heteroatoms. The predicted octanol–water partition coefficient (Wildman–Crippen LogP) is 4.62. The summed E-state index contributed by atoms with van der Waals surface area (Å²) in [5.74, 6) is 1.45.